The Kier molecular flexibility index (Phi) is 7.05. The zero-order valence-corrected chi connectivity index (χ0v) is 18.1. The Morgan fingerprint density at radius 2 is 1.79 bits per heavy atom. The summed E-state index contributed by atoms with van der Waals surface area (Å²) in [6.07, 6.45) is 3.07. The third-order valence-corrected chi connectivity index (χ3v) is 7.15. The predicted octanol–water partition coefficient (Wildman–Crippen LogP) is 2.80. The number of thioether (sulfide) groups is 1. The van der Waals surface area contributed by atoms with E-state index >= 15 is 0 Å². The highest BCUT2D eigenvalue weighted by Crippen LogP contribution is 2.23. The van der Waals surface area contributed by atoms with E-state index in [2.05, 4.69) is 16.9 Å². The van der Waals surface area contributed by atoms with Crippen molar-refractivity contribution in [2.75, 3.05) is 37.5 Å². The minimum absolute atomic E-state index is 0.211. The Hall–Kier alpha value is -2.23. The molecule has 0 saturated carbocycles. The summed E-state index contributed by atoms with van der Waals surface area (Å²) in [5.74, 6) is 1.66. The van der Waals surface area contributed by atoms with E-state index in [0.717, 1.165) is 12.2 Å². The van der Waals surface area contributed by atoms with E-state index in [1.165, 1.54) is 29.1 Å². The Morgan fingerprint density at radius 3 is 2.38 bits per heavy atom. The second-order valence-corrected chi connectivity index (χ2v) is 9.66. The van der Waals surface area contributed by atoms with Gasteiger partial charge in [-0.3, -0.25) is 0 Å². The van der Waals surface area contributed by atoms with Crippen molar-refractivity contribution in [3.8, 4) is 5.75 Å². The average Bonchev–Trinajstić information content (AvgIpc) is 2.69. The third kappa shape index (κ3) is 5.43. The van der Waals surface area contributed by atoms with Gasteiger partial charge in [-0.05, 0) is 60.4 Å². The van der Waals surface area contributed by atoms with E-state index in [-0.39, 0.29) is 30.1 Å². The first-order chi connectivity index (χ1) is 13.9. The molecule has 0 aliphatic carbocycles. The smallest absolute Gasteiger partial charge is 0.319 e. The first kappa shape index (κ1) is 21.5. The van der Waals surface area contributed by atoms with E-state index in [9.17, 15) is 13.2 Å². The molecule has 1 heterocycles. The Morgan fingerprint density at radius 1 is 1.14 bits per heavy atom. The zero-order chi connectivity index (χ0) is 20.9. The van der Waals surface area contributed by atoms with Gasteiger partial charge in [0.2, 0.25) is 10.0 Å². The van der Waals surface area contributed by atoms with Crippen molar-refractivity contribution < 1.29 is 17.9 Å². The molecule has 1 saturated heterocycles. The number of ether oxygens (including phenoxy) is 1. The van der Waals surface area contributed by atoms with Gasteiger partial charge in [-0.1, -0.05) is 12.1 Å². The van der Waals surface area contributed by atoms with Gasteiger partial charge in [0.05, 0.1) is 18.0 Å². The molecule has 9 heteroatoms. The monoisotopic (exact) mass is 435 g/mol. The number of anilines is 1. The van der Waals surface area contributed by atoms with Gasteiger partial charge in [-0.25, -0.2) is 13.2 Å². The van der Waals surface area contributed by atoms with Gasteiger partial charge in [0.25, 0.3) is 0 Å². The molecule has 7 nitrogen and oxygen atoms in total. The fraction of sp³-hybridized carbons (Fsp3) is 0.350. The Labute approximate surface area is 175 Å². The van der Waals surface area contributed by atoms with Crippen LogP contribution in [-0.2, 0) is 16.4 Å². The molecule has 0 bridgehead atoms. The van der Waals surface area contributed by atoms with Gasteiger partial charge in [-0.2, -0.15) is 16.1 Å². The van der Waals surface area contributed by atoms with Crippen molar-refractivity contribution in [2.45, 2.75) is 17.4 Å². The average molecular weight is 436 g/mol. The maximum absolute atomic E-state index is 12.6. The molecule has 1 aliphatic rings. The number of aryl methyl sites for hydroxylation is 1. The second kappa shape index (κ2) is 9.51. The predicted molar refractivity (Wildman–Crippen MR) is 116 cm³/mol. The molecule has 0 aromatic heterocycles. The van der Waals surface area contributed by atoms with Crippen LogP contribution < -0.4 is 15.4 Å². The summed E-state index contributed by atoms with van der Waals surface area (Å²) in [6, 6.07) is 13.4. The summed E-state index contributed by atoms with van der Waals surface area (Å²) in [6.45, 7) is 0.491. The van der Waals surface area contributed by atoms with Crippen LogP contribution in [0, 0.1) is 0 Å². The van der Waals surface area contributed by atoms with Crippen molar-refractivity contribution in [2.24, 2.45) is 0 Å². The molecule has 0 radical (unpaired) electrons. The maximum atomic E-state index is 12.6. The van der Waals surface area contributed by atoms with Crippen molar-refractivity contribution in [3.63, 3.8) is 0 Å². The number of amides is 2. The number of rotatable bonds is 8. The summed E-state index contributed by atoms with van der Waals surface area (Å²) in [5.41, 5.74) is 1.93. The van der Waals surface area contributed by atoms with Gasteiger partial charge in [0.1, 0.15) is 5.75 Å². The fourth-order valence-electron chi connectivity index (χ4n) is 2.95. The summed E-state index contributed by atoms with van der Waals surface area (Å²) >= 11 is 1.80. The standard InChI is InChI=1S/C20H25N3O4S2/c1-27-18-7-9-19(10-8-18)29(25,26)23-13-17(14-23)22-20(24)21-16-5-3-15(4-6-16)11-12-28-2/h3-10,17H,11-14H2,1-2H3,(H2,21,22,24). The highest BCUT2D eigenvalue weighted by Gasteiger charge is 2.37. The highest BCUT2D eigenvalue weighted by atomic mass is 32.2. The lowest BCUT2D eigenvalue weighted by Crippen LogP contribution is -2.61. The molecule has 1 aliphatic heterocycles. The lowest BCUT2D eigenvalue weighted by atomic mass is 10.1. The van der Waals surface area contributed by atoms with Crippen molar-refractivity contribution in [1.82, 2.24) is 9.62 Å². The molecular formula is C20H25N3O4S2. The molecule has 3 rings (SSSR count). The quantitative estimate of drug-likeness (QED) is 0.666. The molecule has 0 unspecified atom stereocenters. The van der Waals surface area contributed by atoms with Crippen LogP contribution in [-0.4, -0.2) is 57.0 Å². The first-order valence-electron chi connectivity index (χ1n) is 9.22. The largest absolute Gasteiger partial charge is 0.497 e. The number of carbonyl (C=O) groups excluding carboxylic acids is 1. The van der Waals surface area contributed by atoms with Gasteiger partial charge in [0.15, 0.2) is 0 Å². The minimum Gasteiger partial charge on any atom is -0.497 e. The molecule has 2 aromatic carbocycles. The van der Waals surface area contributed by atoms with Crippen LogP contribution in [0.1, 0.15) is 5.56 Å². The van der Waals surface area contributed by atoms with Crippen LogP contribution in [0.3, 0.4) is 0 Å². The molecule has 2 amide bonds. The molecule has 2 aromatic rings. The normalized spacial score (nSPS) is 14.8. The zero-order valence-electron chi connectivity index (χ0n) is 16.4. The van der Waals surface area contributed by atoms with Crippen LogP contribution in [0.25, 0.3) is 0 Å². The third-order valence-electron chi connectivity index (χ3n) is 4.69. The van der Waals surface area contributed by atoms with Crippen molar-refractivity contribution in [1.29, 1.82) is 0 Å². The van der Waals surface area contributed by atoms with Crippen LogP contribution >= 0.6 is 11.8 Å². The summed E-state index contributed by atoms with van der Waals surface area (Å²) in [4.78, 5) is 12.4. The number of nitrogens with zero attached hydrogens (tertiary/aromatic N) is 1. The van der Waals surface area contributed by atoms with Gasteiger partial charge in [-0.15, -0.1) is 0 Å². The van der Waals surface area contributed by atoms with E-state index < -0.39 is 10.0 Å². The number of carbonyl (C=O) groups is 1. The van der Waals surface area contributed by atoms with Crippen molar-refractivity contribution in [3.05, 3.63) is 54.1 Å². The number of urea groups is 1. The maximum Gasteiger partial charge on any atom is 0.319 e. The van der Waals surface area contributed by atoms with Gasteiger partial charge < -0.3 is 15.4 Å². The molecule has 0 spiro atoms. The topological polar surface area (TPSA) is 87.7 Å². The molecule has 0 atom stereocenters. The molecule has 2 N–H and O–H groups in total. The lowest BCUT2D eigenvalue weighted by molar-refractivity contribution is 0.213. The van der Waals surface area contributed by atoms with E-state index in [4.69, 9.17) is 4.74 Å². The van der Waals surface area contributed by atoms with Crippen LogP contribution in [0.4, 0.5) is 10.5 Å². The van der Waals surface area contributed by atoms with Crippen LogP contribution in [0.5, 0.6) is 5.75 Å². The minimum atomic E-state index is -3.56. The molecular weight excluding hydrogens is 410 g/mol. The Balaban J connectivity index is 1.47. The fourth-order valence-corrected chi connectivity index (χ4v) is 4.92. The number of hydrogen-bond acceptors (Lipinski definition) is 5. The van der Waals surface area contributed by atoms with E-state index in [1.807, 2.05) is 24.3 Å². The second-order valence-electron chi connectivity index (χ2n) is 6.73. The van der Waals surface area contributed by atoms with E-state index in [0.29, 0.717) is 11.4 Å². The first-order valence-corrected chi connectivity index (χ1v) is 12.1. The van der Waals surface area contributed by atoms with Gasteiger partial charge >= 0.3 is 6.03 Å². The van der Waals surface area contributed by atoms with Crippen molar-refractivity contribution >= 4 is 33.5 Å². The molecule has 156 valence electrons. The number of nitrogens with one attached hydrogen (secondary N) is 2. The number of sulfonamides is 1. The van der Waals surface area contributed by atoms with Gasteiger partial charge in [0, 0.05) is 18.8 Å². The summed E-state index contributed by atoms with van der Waals surface area (Å²) < 4.78 is 31.6. The molecule has 29 heavy (non-hydrogen) atoms. The molecule has 1 fully saturated rings. The number of methoxy groups -OCH3 is 1. The Bertz CT molecular complexity index is 925. The highest BCUT2D eigenvalue weighted by molar-refractivity contribution is 7.98. The lowest BCUT2D eigenvalue weighted by Gasteiger charge is -2.38. The van der Waals surface area contributed by atoms with Crippen LogP contribution in [0.15, 0.2) is 53.4 Å². The van der Waals surface area contributed by atoms with E-state index in [1.54, 1.807) is 23.9 Å². The van der Waals surface area contributed by atoms with Crippen LogP contribution in [0.2, 0.25) is 0 Å². The number of benzene rings is 2. The summed E-state index contributed by atoms with van der Waals surface area (Å²) in [7, 11) is -2.03. The number of hydrogen-bond donors (Lipinski definition) is 2. The summed E-state index contributed by atoms with van der Waals surface area (Å²) in [5, 5.41) is 5.59. The SMILES string of the molecule is COc1ccc(S(=O)(=O)N2CC(NC(=O)Nc3ccc(CCSC)cc3)C2)cc1.